The molecule has 1 fully saturated rings. The third-order valence-corrected chi connectivity index (χ3v) is 6.50. The number of anilines is 1. The Morgan fingerprint density at radius 3 is 2.81 bits per heavy atom. The summed E-state index contributed by atoms with van der Waals surface area (Å²) in [5.74, 6) is 0.806. The van der Waals surface area contributed by atoms with E-state index in [1.807, 2.05) is 12.1 Å². The van der Waals surface area contributed by atoms with E-state index in [9.17, 15) is 9.18 Å². The average Bonchev–Trinajstić information content (AvgIpc) is 3.34. The number of nitrogens with zero attached hydrogens (tertiary/aromatic N) is 1. The normalized spacial score (nSPS) is 18.6. The van der Waals surface area contributed by atoms with Crippen LogP contribution >= 0.6 is 11.8 Å². The number of rotatable bonds is 6. The van der Waals surface area contributed by atoms with Crippen LogP contribution in [0.2, 0.25) is 0 Å². The first kappa shape index (κ1) is 18.4. The van der Waals surface area contributed by atoms with E-state index in [4.69, 9.17) is 0 Å². The van der Waals surface area contributed by atoms with Gasteiger partial charge in [0, 0.05) is 30.2 Å². The highest BCUT2D eigenvalue weighted by molar-refractivity contribution is 8.00. The van der Waals surface area contributed by atoms with Crippen molar-refractivity contribution in [3.63, 3.8) is 0 Å². The number of hydrogen-bond acceptors (Lipinski definition) is 3. The molecule has 2 aromatic rings. The Kier molecular flexibility index (Phi) is 5.67. The molecule has 1 saturated heterocycles. The van der Waals surface area contributed by atoms with E-state index in [1.54, 1.807) is 11.8 Å². The minimum atomic E-state index is -0.206. The Morgan fingerprint density at radius 2 is 1.96 bits per heavy atom. The topological polar surface area (TPSA) is 32.3 Å². The van der Waals surface area contributed by atoms with Gasteiger partial charge in [0.15, 0.2) is 0 Å². The average molecular weight is 385 g/mol. The number of thioether (sulfide) groups is 1. The summed E-state index contributed by atoms with van der Waals surface area (Å²) in [4.78, 5) is 15.7. The fourth-order valence-electron chi connectivity index (χ4n) is 3.98. The molecule has 3 nitrogen and oxygen atoms in total. The smallest absolute Gasteiger partial charge is 0.230 e. The second kappa shape index (κ2) is 8.34. The molecule has 1 aliphatic carbocycles. The maximum Gasteiger partial charge on any atom is 0.230 e. The molecule has 0 spiro atoms. The Hall–Kier alpha value is -2.01. The van der Waals surface area contributed by atoms with Crippen LogP contribution in [0.1, 0.15) is 24.0 Å². The lowest BCUT2D eigenvalue weighted by atomic mass is 10.1. The van der Waals surface area contributed by atoms with E-state index < -0.39 is 0 Å². The number of fused-ring (bicyclic) bond motifs is 1. The number of aryl methyl sites for hydroxylation is 2. The maximum absolute atomic E-state index is 13.1. The Labute approximate surface area is 164 Å². The van der Waals surface area contributed by atoms with Gasteiger partial charge in [-0.15, -0.1) is 11.8 Å². The predicted molar refractivity (Wildman–Crippen MR) is 109 cm³/mol. The highest BCUT2D eigenvalue weighted by Crippen LogP contribution is 2.27. The van der Waals surface area contributed by atoms with Gasteiger partial charge in [-0.3, -0.25) is 4.79 Å². The van der Waals surface area contributed by atoms with Gasteiger partial charge in [0.1, 0.15) is 5.82 Å². The zero-order valence-electron chi connectivity index (χ0n) is 15.4. The van der Waals surface area contributed by atoms with E-state index in [1.165, 1.54) is 47.4 Å². The molecule has 0 bridgehead atoms. The predicted octanol–water partition coefficient (Wildman–Crippen LogP) is 4.05. The van der Waals surface area contributed by atoms with Crippen LogP contribution in [0.5, 0.6) is 0 Å². The molecule has 1 heterocycles. The van der Waals surface area contributed by atoms with Crippen LogP contribution in [0.15, 0.2) is 47.4 Å². The number of hydrogen-bond donors (Lipinski definition) is 1. The monoisotopic (exact) mass is 384 g/mol. The molecule has 1 atom stereocenters. The van der Waals surface area contributed by atoms with Gasteiger partial charge in [0.2, 0.25) is 5.91 Å². The molecular formula is C22H25FN2OS. The SMILES string of the molecule is O=C(CSc1ccc2c(c1)CCC2)NCC1CCN(c2ccc(F)cc2)C1. The van der Waals surface area contributed by atoms with Gasteiger partial charge in [-0.25, -0.2) is 4.39 Å². The van der Waals surface area contributed by atoms with Gasteiger partial charge in [-0.1, -0.05) is 6.07 Å². The molecule has 1 amide bonds. The van der Waals surface area contributed by atoms with Crippen LogP contribution in [0.25, 0.3) is 0 Å². The minimum absolute atomic E-state index is 0.0979. The van der Waals surface area contributed by atoms with Crippen LogP contribution in [0.4, 0.5) is 10.1 Å². The van der Waals surface area contributed by atoms with E-state index in [0.717, 1.165) is 25.2 Å². The molecule has 0 aromatic heterocycles. The summed E-state index contributed by atoms with van der Waals surface area (Å²) in [6.07, 6.45) is 4.66. The zero-order valence-corrected chi connectivity index (χ0v) is 16.2. The zero-order chi connectivity index (χ0) is 18.6. The molecule has 142 valence electrons. The van der Waals surface area contributed by atoms with E-state index in [2.05, 4.69) is 28.4 Å². The van der Waals surface area contributed by atoms with Crippen LogP contribution in [-0.2, 0) is 17.6 Å². The molecule has 1 unspecified atom stereocenters. The third-order valence-electron chi connectivity index (χ3n) is 5.51. The minimum Gasteiger partial charge on any atom is -0.371 e. The molecule has 4 rings (SSSR count). The Balaban J connectivity index is 1.20. The van der Waals surface area contributed by atoms with Crippen LogP contribution < -0.4 is 10.2 Å². The van der Waals surface area contributed by atoms with Crippen LogP contribution in [0, 0.1) is 11.7 Å². The second-order valence-electron chi connectivity index (χ2n) is 7.45. The van der Waals surface area contributed by atoms with Crippen LogP contribution in [-0.4, -0.2) is 31.3 Å². The van der Waals surface area contributed by atoms with E-state index in [0.29, 0.717) is 18.2 Å². The highest BCUT2D eigenvalue weighted by atomic mass is 32.2. The summed E-state index contributed by atoms with van der Waals surface area (Å²) in [5.41, 5.74) is 3.97. The summed E-state index contributed by atoms with van der Waals surface area (Å²) in [6.45, 7) is 2.57. The van der Waals surface area contributed by atoms with Crippen molar-refractivity contribution in [1.82, 2.24) is 5.32 Å². The number of benzene rings is 2. The summed E-state index contributed by atoms with van der Waals surface area (Å²) < 4.78 is 13.1. The summed E-state index contributed by atoms with van der Waals surface area (Å²) in [7, 11) is 0. The lowest BCUT2D eigenvalue weighted by molar-refractivity contribution is -0.118. The van der Waals surface area contributed by atoms with Crippen molar-refractivity contribution in [2.24, 2.45) is 5.92 Å². The first-order valence-electron chi connectivity index (χ1n) is 9.69. The lowest BCUT2D eigenvalue weighted by Crippen LogP contribution is -2.32. The van der Waals surface area contributed by atoms with Crippen molar-refractivity contribution in [3.8, 4) is 0 Å². The second-order valence-corrected chi connectivity index (χ2v) is 8.50. The number of amides is 1. The third kappa shape index (κ3) is 4.64. The number of carbonyl (C=O) groups is 1. The quantitative estimate of drug-likeness (QED) is 0.763. The van der Waals surface area contributed by atoms with Crippen molar-refractivity contribution in [2.75, 3.05) is 30.3 Å². The number of carbonyl (C=O) groups excluding carboxylic acids is 1. The van der Waals surface area contributed by atoms with Gasteiger partial charge in [0.05, 0.1) is 5.75 Å². The number of nitrogens with one attached hydrogen (secondary N) is 1. The standard InChI is InChI=1S/C22H25FN2OS/c23-19-5-7-20(8-6-19)25-11-10-16(14-25)13-24-22(26)15-27-21-9-4-17-2-1-3-18(17)12-21/h4-9,12,16H,1-3,10-11,13-15H2,(H,24,26). The van der Waals surface area contributed by atoms with Crippen molar-refractivity contribution < 1.29 is 9.18 Å². The van der Waals surface area contributed by atoms with Gasteiger partial charge in [-0.05, 0) is 79.1 Å². The fourth-order valence-corrected chi connectivity index (χ4v) is 4.77. The molecular weight excluding hydrogens is 359 g/mol. The Bertz CT molecular complexity index is 808. The molecule has 0 radical (unpaired) electrons. The Morgan fingerprint density at radius 1 is 1.15 bits per heavy atom. The van der Waals surface area contributed by atoms with Crippen molar-refractivity contribution in [3.05, 3.63) is 59.4 Å². The summed E-state index contributed by atoms with van der Waals surface area (Å²) in [6, 6.07) is 13.2. The fraction of sp³-hybridized carbons (Fsp3) is 0.409. The highest BCUT2D eigenvalue weighted by Gasteiger charge is 2.23. The van der Waals surface area contributed by atoms with Crippen molar-refractivity contribution in [1.29, 1.82) is 0 Å². The largest absolute Gasteiger partial charge is 0.371 e. The van der Waals surface area contributed by atoms with Crippen LogP contribution in [0.3, 0.4) is 0 Å². The first-order valence-corrected chi connectivity index (χ1v) is 10.7. The van der Waals surface area contributed by atoms with Gasteiger partial charge < -0.3 is 10.2 Å². The van der Waals surface area contributed by atoms with Gasteiger partial charge in [-0.2, -0.15) is 0 Å². The van der Waals surface area contributed by atoms with Gasteiger partial charge >= 0.3 is 0 Å². The van der Waals surface area contributed by atoms with Crippen molar-refractivity contribution >= 4 is 23.4 Å². The summed E-state index contributed by atoms with van der Waals surface area (Å²) >= 11 is 1.62. The maximum atomic E-state index is 13.1. The lowest BCUT2D eigenvalue weighted by Gasteiger charge is -2.18. The molecule has 0 saturated carbocycles. The first-order chi connectivity index (χ1) is 13.2. The molecule has 2 aromatic carbocycles. The van der Waals surface area contributed by atoms with E-state index >= 15 is 0 Å². The molecule has 1 N–H and O–H groups in total. The molecule has 27 heavy (non-hydrogen) atoms. The van der Waals surface area contributed by atoms with E-state index in [-0.39, 0.29) is 11.7 Å². The number of halogens is 1. The molecule has 1 aliphatic heterocycles. The molecule has 2 aliphatic rings. The summed E-state index contributed by atoms with van der Waals surface area (Å²) in [5, 5.41) is 3.08. The van der Waals surface area contributed by atoms with Gasteiger partial charge in [0.25, 0.3) is 0 Å². The molecule has 5 heteroatoms. The van der Waals surface area contributed by atoms with Crippen molar-refractivity contribution in [2.45, 2.75) is 30.6 Å².